The van der Waals surface area contributed by atoms with Gasteiger partial charge in [0.25, 0.3) is 18.0 Å². The molecule has 566 valence electrons. The standard InChI is InChI=1S/C29H37N5O3.2C21H29NO3.C8H8N4O.CH2O3.CH4.Na/c1-5-22-14-20(15-23(6-2)31-22)11-12-29(21-9-7-8-10-21)17-25(35)24(27(36)37-29)16-26-32-28-30-18(3)13-19(4)34(28)33-26;2*1-3-17-11-15(12-18(4-2)22-17)9-10-21(16-7-5-6-8-16)14-19(23)13-20(24)25-21;1-5-3-6(2)12-8(9-5)10-7(4-13)11-12;2-1-4-3;;/h13-15,21,35H,5-12,16-17H2,1-4H3;2*11-13,16,23H,3-10,14H2,1-2H3;3-4H,1-2H3;1,3H;1H4;/q;;;;;;+1/p-1/t29-;2*21-;;;;/m111..../s1. The second-order valence-electron chi connectivity index (χ2n) is 28.6. The fourth-order valence-electron chi connectivity index (χ4n) is 16.0. The Bertz CT molecular complexity index is 4080. The van der Waals surface area contributed by atoms with E-state index in [2.05, 4.69) is 123 Å². The van der Waals surface area contributed by atoms with Gasteiger partial charge in [-0.3, -0.25) is 24.5 Å². The molecule has 3 aliphatic carbocycles. The number of rotatable bonds is 22. The molecular weight excluding hydrogens is 1360 g/mol. The summed E-state index contributed by atoms with van der Waals surface area (Å²) < 4.78 is 21.3. The van der Waals surface area contributed by atoms with Crippen molar-refractivity contribution in [3.8, 4) is 0 Å². The van der Waals surface area contributed by atoms with Gasteiger partial charge in [-0.05, 0) is 226 Å². The zero-order chi connectivity index (χ0) is 74.7. The van der Waals surface area contributed by atoms with E-state index in [1.54, 1.807) is 9.03 Å². The molecule has 10 heterocycles. The van der Waals surface area contributed by atoms with Crippen LogP contribution in [-0.4, -0.2) is 117 Å². The van der Waals surface area contributed by atoms with E-state index >= 15 is 0 Å². The van der Waals surface area contributed by atoms with Crippen LogP contribution in [0.15, 0.2) is 83.5 Å². The van der Waals surface area contributed by atoms with Gasteiger partial charge in [0.2, 0.25) is 5.82 Å². The van der Waals surface area contributed by atoms with Crippen molar-refractivity contribution in [1.29, 1.82) is 0 Å². The molecule has 3 saturated carbocycles. The minimum atomic E-state index is -0.690. The molecule has 0 radical (unpaired) electrons. The molecule has 7 aromatic heterocycles. The third-order valence-electron chi connectivity index (χ3n) is 21.2. The van der Waals surface area contributed by atoms with Gasteiger partial charge < -0.3 is 39.7 Å². The number of aliphatic hydroxyl groups is 3. The van der Waals surface area contributed by atoms with Crippen LogP contribution >= 0.6 is 0 Å². The monoisotopic (exact) mass is 1470 g/mol. The molecule has 0 aromatic carbocycles. The van der Waals surface area contributed by atoms with Crippen molar-refractivity contribution < 1.29 is 93.2 Å². The molecule has 3 N–H and O–H groups in total. The number of esters is 3. The van der Waals surface area contributed by atoms with Crippen LogP contribution in [0.5, 0.6) is 0 Å². The van der Waals surface area contributed by atoms with Gasteiger partial charge in [-0.25, -0.2) is 33.4 Å². The number of hydrogen-bond acceptors (Lipinski definition) is 22. The van der Waals surface area contributed by atoms with E-state index in [1.165, 1.54) is 54.5 Å². The number of fused-ring (bicyclic) bond motifs is 2. The average Bonchev–Trinajstić information content (AvgIpc) is 1.40. The Morgan fingerprint density at radius 2 is 0.840 bits per heavy atom. The van der Waals surface area contributed by atoms with Crippen molar-refractivity contribution in [2.45, 2.75) is 273 Å². The predicted octanol–water partition coefficient (Wildman–Crippen LogP) is 10.7. The van der Waals surface area contributed by atoms with Crippen molar-refractivity contribution >= 4 is 42.2 Å². The Hall–Kier alpha value is -8.32. The first kappa shape index (κ1) is 84.9. The van der Waals surface area contributed by atoms with E-state index < -0.39 is 34.7 Å². The van der Waals surface area contributed by atoms with Gasteiger partial charge in [0.1, 0.15) is 34.1 Å². The number of pyridine rings is 3. The van der Waals surface area contributed by atoms with Crippen LogP contribution in [0.2, 0.25) is 0 Å². The summed E-state index contributed by atoms with van der Waals surface area (Å²) in [6.07, 6.45) is 28.0. The maximum Gasteiger partial charge on any atom is 1.00 e. The van der Waals surface area contributed by atoms with Crippen molar-refractivity contribution in [3.63, 3.8) is 0 Å². The molecule has 7 aromatic rings. The fourth-order valence-corrected chi connectivity index (χ4v) is 16.0. The first-order chi connectivity index (χ1) is 50.0. The van der Waals surface area contributed by atoms with Gasteiger partial charge in [0, 0.05) is 82.6 Å². The zero-order valence-electron chi connectivity index (χ0n) is 63.3. The summed E-state index contributed by atoms with van der Waals surface area (Å²) in [7, 11) is 0. The van der Waals surface area contributed by atoms with E-state index in [9.17, 15) is 34.5 Å². The Morgan fingerprint density at radius 1 is 0.500 bits per heavy atom. The fraction of sp³-hybridized carbons (Fsp3) is 0.556. The van der Waals surface area contributed by atoms with Crippen molar-refractivity contribution in [2.75, 3.05) is 0 Å². The van der Waals surface area contributed by atoms with Gasteiger partial charge in [0.05, 0.1) is 17.7 Å². The van der Waals surface area contributed by atoms with E-state index in [0.717, 1.165) is 179 Å². The minimum Gasteiger partial charge on any atom is -0.662 e. The number of nitrogens with zero attached hydrogens (tertiary/aromatic N) is 11. The molecule has 24 nitrogen and oxygen atoms in total. The molecule has 0 amide bonds. The Labute approximate surface area is 645 Å². The quantitative estimate of drug-likeness (QED) is 0.0142. The second kappa shape index (κ2) is 39.5. The van der Waals surface area contributed by atoms with Crippen molar-refractivity contribution in [2.24, 2.45) is 17.8 Å². The van der Waals surface area contributed by atoms with Crippen LogP contribution in [0, 0.1) is 45.4 Å². The number of aromatic nitrogens is 11. The molecule has 3 aliphatic heterocycles. The normalized spacial score (nSPS) is 20.2. The third-order valence-corrected chi connectivity index (χ3v) is 21.2. The molecule has 13 rings (SSSR count). The molecule has 0 spiro atoms. The molecule has 0 saturated heterocycles. The zero-order valence-corrected chi connectivity index (χ0v) is 65.3. The summed E-state index contributed by atoms with van der Waals surface area (Å²) in [6, 6.07) is 16.8. The number of aryl methyl sites for hydroxylation is 13. The predicted molar refractivity (Wildman–Crippen MR) is 395 cm³/mol. The van der Waals surface area contributed by atoms with Crippen LogP contribution in [0.1, 0.15) is 255 Å². The van der Waals surface area contributed by atoms with Crippen molar-refractivity contribution in [3.05, 3.63) is 169 Å². The topological polar surface area (TPSA) is 331 Å². The number of hydrogen-bond donors (Lipinski definition) is 3. The van der Waals surface area contributed by atoms with Crippen LogP contribution in [0.4, 0.5) is 0 Å². The SMILES string of the molecule is C.CCc1cc(CC[C@]2(C3CCCC3)CC(O)=C(Cc3nc4nc(C)cc(C)n4n3)C(=O)O2)cc(CC)n1.CCc1cc(CC[C@]2(C3CCCC3)CC(O)=CC(=O)O2)cc(CC)n1.CCc1cc(CC[C@]2(C3CCCC3)CC(O)=CC(=O)O2)cc(CC)n1.Cc1cc(C)n2nc(C=O)nc2n1.O=CO[O-].[Na+]. The number of ether oxygens (including phenoxy) is 3. The molecule has 0 bridgehead atoms. The average molecular weight is 1470 g/mol. The maximum atomic E-state index is 13.4. The van der Waals surface area contributed by atoms with Gasteiger partial charge in [-0.15, -0.1) is 10.2 Å². The number of carbonyl (C=O) groups is 5. The summed E-state index contributed by atoms with van der Waals surface area (Å²) in [6.45, 7) is 20.2. The van der Waals surface area contributed by atoms with Gasteiger partial charge in [0.15, 0.2) is 12.1 Å². The first-order valence-electron chi connectivity index (χ1n) is 37.4. The van der Waals surface area contributed by atoms with E-state index in [0.29, 0.717) is 61.2 Å². The molecular formula is C81H108N11NaO13. The Morgan fingerprint density at radius 3 is 1.16 bits per heavy atom. The third kappa shape index (κ3) is 21.9. The maximum absolute atomic E-state index is 13.4. The summed E-state index contributed by atoms with van der Waals surface area (Å²) in [5.74, 6) is 1.75. The molecule has 3 atom stereocenters. The Balaban J connectivity index is 0.000000202. The van der Waals surface area contributed by atoms with Crippen LogP contribution in [-0.2, 0) is 102 Å². The van der Waals surface area contributed by atoms with E-state index in [-0.39, 0.29) is 84.5 Å². The largest absolute Gasteiger partial charge is 1.00 e. The Kier molecular flexibility index (Phi) is 31.7. The summed E-state index contributed by atoms with van der Waals surface area (Å²) in [5.41, 5.74) is 12.4. The first-order valence-corrected chi connectivity index (χ1v) is 37.4. The smallest absolute Gasteiger partial charge is 0.662 e. The van der Waals surface area contributed by atoms with Crippen LogP contribution in [0.25, 0.3) is 11.6 Å². The molecule has 3 fully saturated rings. The van der Waals surface area contributed by atoms with Crippen LogP contribution in [0.3, 0.4) is 0 Å². The molecule has 106 heavy (non-hydrogen) atoms. The van der Waals surface area contributed by atoms with E-state index in [4.69, 9.17) is 29.2 Å². The van der Waals surface area contributed by atoms with Gasteiger partial charge >= 0.3 is 47.5 Å². The molecule has 6 aliphatic rings. The van der Waals surface area contributed by atoms with Gasteiger partial charge in [-0.2, -0.15) is 9.97 Å². The molecule has 25 heteroatoms. The van der Waals surface area contributed by atoms with Gasteiger partial charge in [-0.1, -0.05) is 87.5 Å². The van der Waals surface area contributed by atoms with Crippen LogP contribution < -0.4 is 34.8 Å². The van der Waals surface area contributed by atoms with Crippen molar-refractivity contribution in [1.82, 2.24) is 54.1 Å². The number of carbonyl (C=O) groups excluding carboxylic acids is 5. The summed E-state index contributed by atoms with van der Waals surface area (Å²) in [4.78, 5) is 90.0. The summed E-state index contributed by atoms with van der Waals surface area (Å²) in [5, 5.41) is 48.3. The number of cyclic esters (lactones) is 3. The minimum absolute atomic E-state index is 0. The summed E-state index contributed by atoms with van der Waals surface area (Å²) >= 11 is 0. The number of aldehydes is 1. The van der Waals surface area contributed by atoms with E-state index in [1.807, 2.05) is 39.8 Å². The molecule has 0 unspecified atom stereocenters. The second-order valence-corrected chi connectivity index (χ2v) is 28.6. The number of aliphatic hydroxyl groups excluding tert-OH is 3.